The van der Waals surface area contributed by atoms with Gasteiger partial charge in [0.05, 0.1) is 0 Å². The molecule has 1 aromatic heterocycles. The van der Waals surface area contributed by atoms with Crippen LogP contribution in [0.15, 0.2) is 48.3 Å². The van der Waals surface area contributed by atoms with Gasteiger partial charge in [-0.15, -0.1) is 0 Å². The first kappa shape index (κ1) is 19.9. The second-order valence-electron chi connectivity index (χ2n) is 5.25. The van der Waals surface area contributed by atoms with Crippen LogP contribution in [0.1, 0.15) is 16.1 Å². The summed E-state index contributed by atoms with van der Waals surface area (Å²) in [6, 6.07) is 9.77. The van der Waals surface area contributed by atoms with Crippen molar-refractivity contribution in [2.45, 2.75) is 6.92 Å². The van der Waals surface area contributed by atoms with Crippen LogP contribution in [-0.4, -0.2) is 39.4 Å². The van der Waals surface area contributed by atoms with E-state index in [0.29, 0.717) is 11.3 Å². The lowest BCUT2D eigenvalue weighted by atomic mass is 10.2. The predicted octanol–water partition coefficient (Wildman–Crippen LogP) is 1.32. The van der Waals surface area contributed by atoms with E-state index in [9.17, 15) is 14.4 Å². The van der Waals surface area contributed by atoms with E-state index in [1.807, 2.05) is 0 Å². The molecular formula is C17H16ClN5O4. The molecule has 2 rings (SSSR count). The standard InChI is InChI=1S/C17H16ClN5O4/c1-10-7-13(18)23-17(21-10)20-8-12(16(27)19-9-14(24)25)22-15(26)11-5-3-2-4-6-11/h2-8H,9H2,1H3,(H,19,27)(H,22,26)(H,24,25)(H,20,21,23)/b12-8-. The van der Waals surface area contributed by atoms with Gasteiger partial charge < -0.3 is 21.1 Å². The van der Waals surface area contributed by atoms with E-state index in [0.717, 1.165) is 6.20 Å². The number of rotatable bonds is 7. The quantitative estimate of drug-likeness (QED) is 0.414. The number of halogens is 1. The maximum absolute atomic E-state index is 12.3. The Hall–Kier alpha value is -3.46. The zero-order valence-electron chi connectivity index (χ0n) is 14.2. The number of aryl methyl sites for hydroxylation is 1. The fourth-order valence-corrected chi connectivity index (χ4v) is 2.16. The van der Waals surface area contributed by atoms with Gasteiger partial charge in [-0.3, -0.25) is 14.4 Å². The molecule has 27 heavy (non-hydrogen) atoms. The van der Waals surface area contributed by atoms with Crippen LogP contribution in [0.4, 0.5) is 5.95 Å². The molecule has 0 spiro atoms. The molecule has 0 fully saturated rings. The molecule has 0 saturated carbocycles. The molecule has 1 aromatic carbocycles. The van der Waals surface area contributed by atoms with Crippen molar-refractivity contribution in [3.63, 3.8) is 0 Å². The molecule has 0 aliphatic heterocycles. The number of aromatic nitrogens is 2. The number of nitrogens with one attached hydrogen (secondary N) is 3. The summed E-state index contributed by atoms with van der Waals surface area (Å²) < 4.78 is 0. The lowest BCUT2D eigenvalue weighted by Crippen LogP contribution is -2.37. The number of benzene rings is 1. The Labute approximate surface area is 159 Å². The minimum Gasteiger partial charge on any atom is -0.480 e. The lowest BCUT2D eigenvalue weighted by molar-refractivity contribution is -0.137. The SMILES string of the molecule is Cc1cc(Cl)nc(N/C=C(\NC(=O)c2ccccc2)C(=O)NCC(=O)O)n1. The normalized spacial score (nSPS) is 10.8. The van der Waals surface area contributed by atoms with Crippen molar-refractivity contribution >= 4 is 35.3 Å². The Balaban J connectivity index is 2.21. The number of carbonyl (C=O) groups excluding carboxylic acids is 2. The minimum absolute atomic E-state index is 0.109. The zero-order chi connectivity index (χ0) is 19.8. The van der Waals surface area contributed by atoms with Crippen molar-refractivity contribution in [2.24, 2.45) is 0 Å². The van der Waals surface area contributed by atoms with Crippen molar-refractivity contribution in [1.82, 2.24) is 20.6 Å². The highest BCUT2D eigenvalue weighted by atomic mass is 35.5. The lowest BCUT2D eigenvalue weighted by Gasteiger charge is -2.10. The van der Waals surface area contributed by atoms with Gasteiger partial charge in [-0.2, -0.15) is 0 Å². The van der Waals surface area contributed by atoms with Crippen LogP contribution in [0.25, 0.3) is 0 Å². The molecule has 1 heterocycles. The summed E-state index contributed by atoms with van der Waals surface area (Å²) in [5.41, 5.74) is 0.701. The van der Waals surface area contributed by atoms with Crippen LogP contribution in [0.5, 0.6) is 0 Å². The van der Waals surface area contributed by atoms with Crippen LogP contribution < -0.4 is 16.0 Å². The molecule has 2 amide bonds. The molecule has 0 saturated heterocycles. The smallest absolute Gasteiger partial charge is 0.322 e. The van der Waals surface area contributed by atoms with Crippen LogP contribution in [-0.2, 0) is 9.59 Å². The first-order valence-electron chi connectivity index (χ1n) is 7.69. The summed E-state index contributed by atoms with van der Waals surface area (Å²) in [7, 11) is 0. The van der Waals surface area contributed by atoms with Gasteiger partial charge in [0, 0.05) is 17.5 Å². The number of carboxylic acid groups (broad SMARTS) is 1. The van der Waals surface area contributed by atoms with Crippen LogP contribution >= 0.6 is 11.6 Å². The Bertz CT molecular complexity index is 866. The maximum Gasteiger partial charge on any atom is 0.322 e. The molecule has 0 bridgehead atoms. The van der Waals surface area contributed by atoms with E-state index in [2.05, 4.69) is 25.9 Å². The molecule has 0 aliphatic carbocycles. The molecule has 0 radical (unpaired) electrons. The van der Waals surface area contributed by atoms with E-state index < -0.39 is 24.3 Å². The fourth-order valence-electron chi connectivity index (χ4n) is 1.92. The second kappa shape index (κ2) is 9.30. The van der Waals surface area contributed by atoms with Crippen LogP contribution in [0.3, 0.4) is 0 Å². The van der Waals surface area contributed by atoms with Gasteiger partial charge in [0.2, 0.25) is 5.95 Å². The summed E-state index contributed by atoms with van der Waals surface area (Å²) in [6.07, 6.45) is 1.16. The van der Waals surface area contributed by atoms with Crippen LogP contribution in [0.2, 0.25) is 5.15 Å². The molecule has 4 N–H and O–H groups in total. The number of hydrogen-bond donors (Lipinski definition) is 4. The van der Waals surface area contributed by atoms with E-state index in [4.69, 9.17) is 16.7 Å². The number of aliphatic carboxylic acids is 1. The fraction of sp³-hybridized carbons (Fsp3) is 0.118. The Morgan fingerprint density at radius 1 is 1.19 bits per heavy atom. The third kappa shape index (κ3) is 6.40. The highest BCUT2D eigenvalue weighted by Crippen LogP contribution is 2.10. The summed E-state index contributed by atoms with van der Waals surface area (Å²) in [5.74, 6) is -2.46. The molecule has 9 nitrogen and oxygen atoms in total. The predicted molar refractivity (Wildman–Crippen MR) is 98.0 cm³/mol. The van der Waals surface area contributed by atoms with E-state index >= 15 is 0 Å². The largest absolute Gasteiger partial charge is 0.480 e. The van der Waals surface area contributed by atoms with Crippen LogP contribution in [0, 0.1) is 6.92 Å². The first-order chi connectivity index (χ1) is 12.8. The van der Waals surface area contributed by atoms with Crippen molar-refractivity contribution in [1.29, 1.82) is 0 Å². The summed E-state index contributed by atoms with van der Waals surface area (Å²) in [6.45, 7) is 1.10. The van der Waals surface area contributed by atoms with E-state index in [-0.39, 0.29) is 16.8 Å². The van der Waals surface area contributed by atoms with E-state index in [1.165, 1.54) is 0 Å². The summed E-state index contributed by atoms with van der Waals surface area (Å²) in [5, 5.41) is 16.2. The van der Waals surface area contributed by atoms with Gasteiger partial charge in [-0.1, -0.05) is 29.8 Å². The van der Waals surface area contributed by atoms with E-state index in [1.54, 1.807) is 43.3 Å². The third-order valence-electron chi connectivity index (χ3n) is 3.10. The van der Waals surface area contributed by atoms with Gasteiger partial charge >= 0.3 is 5.97 Å². The van der Waals surface area contributed by atoms with Gasteiger partial charge in [0.15, 0.2) is 0 Å². The third-order valence-corrected chi connectivity index (χ3v) is 3.29. The molecule has 10 heteroatoms. The highest BCUT2D eigenvalue weighted by Gasteiger charge is 2.15. The maximum atomic E-state index is 12.3. The number of carbonyl (C=O) groups is 3. The molecular weight excluding hydrogens is 374 g/mol. The highest BCUT2D eigenvalue weighted by molar-refractivity contribution is 6.29. The average Bonchev–Trinajstić information content (AvgIpc) is 2.62. The summed E-state index contributed by atoms with van der Waals surface area (Å²) in [4.78, 5) is 43.2. The molecule has 0 unspecified atom stereocenters. The van der Waals surface area contributed by atoms with Gasteiger partial charge in [0.25, 0.3) is 11.8 Å². The van der Waals surface area contributed by atoms with Gasteiger partial charge in [0.1, 0.15) is 17.4 Å². The van der Waals surface area contributed by atoms with Crippen molar-refractivity contribution in [3.8, 4) is 0 Å². The second-order valence-corrected chi connectivity index (χ2v) is 5.64. The Morgan fingerprint density at radius 2 is 1.89 bits per heavy atom. The number of nitrogens with zero attached hydrogens (tertiary/aromatic N) is 2. The number of anilines is 1. The number of hydrogen-bond acceptors (Lipinski definition) is 6. The molecule has 0 aliphatic rings. The molecule has 0 atom stereocenters. The average molecular weight is 390 g/mol. The molecule has 140 valence electrons. The first-order valence-corrected chi connectivity index (χ1v) is 8.07. The van der Waals surface area contributed by atoms with Gasteiger partial charge in [-0.05, 0) is 25.1 Å². The van der Waals surface area contributed by atoms with Gasteiger partial charge in [-0.25, -0.2) is 9.97 Å². The molecule has 2 aromatic rings. The van der Waals surface area contributed by atoms with Crippen molar-refractivity contribution < 1.29 is 19.5 Å². The zero-order valence-corrected chi connectivity index (χ0v) is 14.9. The monoisotopic (exact) mass is 389 g/mol. The summed E-state index contributed by atoms with van der Waals surface area (Å²) >= 11 is 5.85. The number of carboxylic acids is 1. The Kier molecular flexibility index (Phi) is 6.84. The van der Waals surface area contributed by atoms with Crippen molar-refractivity contribution in [3.05, 3.63) is 64.7 Å². The van der Waals surface area contributed by atoms with Crippen molar-refractivity contribution in [2.75, 3.05) is 11.9 Å². The number of amides is 2. The minimum atomic E-state index is -1.22. The topological polar surface area (TPSA) is 133 Å². The Morgan fingerprint density at radius 3 is 2.52 bits per heavy atom.